The van der Waals surface area contributed by atoms with Gasteiger partial charge in [-0.2, -0.15) is 0 Å². The molecule has 1 aliphatic heterocycles. The summed E-state index contributed by atoms with van der Waals surface area (Å²) < 4.78 is 6.06. The fourth-order valence-electron chi connectivity index (χ4n) is 3.94. The summed E-state index contributed by atoms with van der Waals surface area (Å²) in [7, 11) is 1.56. The third kappa shape index (κ3) is 3.24. The molecular weight excluding hydrogens is 356 g/mol. The van der Waals surface area contributed by atoms with Crippen molar-refractivity contribution < 1.29 is 19.4 Å². The lowest BCUT2D eigenvalue weighted by Gasteiger charge is -2.15. The SMILES string of the molecule is CNC(=O)c1cc(C(=O)N[C@H]2C[C@@H]2CO)cc2c1O[C@H](C)[C@H]2c1ccccc1. The van der Waals surface area contributed by atoms with Gasteiger partial charge in [-0.3, -0.25) is 9.59 Å². The van der Waals surface area contributed by atoms with Gasteiger partial charge in [0.25, 0.3) is 11.8 Å². The predicted octanol–water partition coefficient (Wildman–Crippen LogP) is 2.07. The smallest absolute Gasteiger partial charge is 0.254 e. The molecule has 1 saturated carbocycles. The summed E-state index contributed by atoms with van der Waals surface area (Å²) in [6.07, 6.45) is 0.628. The maximum absolute atomic E-state index is 12.8. The van der Waals surface area contributed by atoms with Crippen LogP contribution in [0.5, 0.6) is 5.75 Å². The van der Waals surface area contributed by atoms with E-state index in [1.165, 1.54) is 0 Å². The van der Waals surface area contributed by atoms with Crippen LogP contribution in [-0.4, -0.2) is 42.7 Å². The van der Waals surface area contributed by atoms with Crippen LogP contribution >= 0.6 is 0 Å². The van der Waals surface area contributed by atoms with E-state index in [-0.39, 0.29) is 42.4 Å². The summed E-state index contributed by atoms with van der Waals surface area (Å²) in [6, 6.07) is 13.4. The van der Waals surface area contributed by atoms with E-state index in [0.717, 1.165) is 17.5 Å². The van der Waals surface area contributed by atoms with Gasteiger partial charge < -0.3 is 20.5 Å². The minimum atomic E-state index is -0.286. The van der Waals surface area contributed by atoms with Gasteiger partial charge in [0.05, 0.1) is 5.56 Å². The van der Waals surface area contributed by atoms with Gasteiger partial charge in [-0.15, -0.1) is 0 Å². The van der Waals surface area contributed by atoms with Crippen molar-refractivity contribution >= 4 is 11.8 Å². The number of amides is 2. The molecule has 0 bridgehead atoms. The first kappa shape index (κ1) is 18.5. The number of aliphatic hydroxyl groups excluding tert-OH is 1. The number of ether oxygens (including phenoxy) is 1. The fourth-order valence-corrected chi connectivity index (χ4v) is 3.94. The Morgan fingerprint density at radius 2 is 1.93 bits per heavy atom. The minimum absolute atomic E-state index is 0.00528. The van der Waals surface area contributed by atoms with Crippen molar-refractivity contribution in [3.8, 4) is 5.75 Å². The van der Waals surface area contributed by atoms with Crippen LogP contribution in [0.2, 0.25) is 0 Å². The lowest BCUT2D eigenvalue weighted by atomic mass is 9.87. The normalized spacial score (nSPS) is 24.8. The number of aliphatic hydroxyl groups is 1. The number of hydrogen-bond acceptors (Lipinski definition) is 4. The molecule has 1 fully saturated rings. The Bertz CT molecular complexity index is 912. The Balaban J connectivity index is 1.75. The van der Waals surface area contributed by atoms with Gasteiger partial charge in [-0.1, -0.05) is 30.3 Å². The first-order valence-electron chi connectivity index (χ1n) is 9.56. The fraction of sp³-hybridized carbons (Fsp3) is 0.364. The maximum atomic E-state index is 12.8. The molecular formula is C22H24N2O4. The summed E-state index contributed by atoms with van der Waals surface area (Å²) in [5, 5.41) is 14.8. The van der Waals surface area contributed by atoms with Gasteiger partial charge >= 0.3 is 0 Å². The monoisotopic (exact) mass is 380 g/mol. The maximum Gasteiger partial charge on any atom is 0.254 e. The summed E-state index contributed by atoms with van der Waals surface area (Å²) in [4.78, 5) is 25.3. The molecule has 2 aromatic carbocycles. The lowest BCUT2D eigenvalue weighted by molar-refractivity contribution is 0.0947. The Morgan fingerprint density at radius 3 is 2.57 bits per heavy atom. The van der Waals surface area contributed by atoms with E-state index in [2.05, 4.69) is 10.6 Å². The number of carbonyl (C=O) groups is 2. The average molecular weight is 380 g/mol. The van der Waals surface area contributed by atoms with Crippen LogP contribution in [0.4, 0.5) is 0 Å². The van der Waals surface area contributed by atoms with E-state index in [9.17, 15) is 14.7 Å². The molecule has 6 heteroatoms. The molecule has 0 unspecified atom stereocenters. The zero-order valence-electron chi connectivity index (χ0n) is 15.9. The highest BCUT2D eigenvalue weighted by Crippen LogP contribution is 2.45. The van der Waals surface area contributed by atoms with Crippen LogP contribution in [0.3, 0.4) is 0 Å². The highest BCUT2D eigenvalue weighted by atomic mass is 16.5. The molecule has 0 spiro atoms. The summed E-state index contributed by atoms with van der Waals surface area (Å²) in [6.45, 7) is 2.04. The third-order valence-electron chi connectivity index (χ3n) is 5.59. The summed E-state index contributed by atoms with van der Waals surface area (Å²) >= 11 is 0. The molecule has 3 N–H and O–H groups in total. The number of fused-ring (bicyclic) bond motifs is 1. The van der Waals surface area contributed by atoms with Gasteiger partial charge in [0.1, 0.15) is 11.9 Å². The van der Waals surface area contributed by atoms with E-state index >= 15 is 0 Å². The van der Waals surface area contributed by atoms with Gasteiger partial charge in [0.15, 0.2) is 0 Å². The van der Waals surface area contributed by atoms with Gasteiger partial charge in [0, 0.05) is 42.7 Å². The van der Waals surface area contributed by atoms with Crippen molar-refractivity contribution in [1.29, 1.82) is 0 Å². The quantitative estimate of drug-likeness (QED) is 0.741. The second-order valence-electron chi connectivity index (χ2n) is 7.49. The van der Waals surface area contributed by atoms with Crippen molar-refractivity contribution in [3.05, 3.63) is 64.7 Å². The zero-order chi connectivity index (χ0) is 19.8. The molecule has 0 saturated heterocycles. The van der Waals surface area contributed by atoms with Crippen LogP contribution in [0.25, 0.3) is 0 Å². The van der Waals surface area contributed by atoms with Crippen molar-refractivity contribution in [3.63, 3.8) is 0 Å². The Morgan fingerprint density at radius 1 is 1.18 bits per heavy atom. The van der Waals surface area contributed by atoms with Crippen LogP contribution in [0.15, 0.2) is 42.5 Å². The average Bonchev–Trinajstić information content (AvgIpc) is 3.38. The Hall–Kier alpha value is -2.86. The standard InChI is InChI=1S/C22H24N2O4/c1-12-19(13-6-4-3-5-7-13)16-8-14(21(26)24-18-10-15(18)11-25)9-17(20(16)28-12)22(27)23-2/h3-9,12,15,18-19,25H,10-11H2,1-2H3,(H,23,27)(H,24,26)/t12-,15-,18+,19+/m1/s1. The van der Waals surface area contributed by atoms with Crippen LogP contribution in [0, 0.1) is 5.92 Å². The van der Waals surface area contributed by atoms with E-state index < -0.39 is 0 Å². The molecule has 0 radical (unpaired) electrons. The largest absolute Gasteiger partial charge is 0.489 e. The number of benzene rings is 2. The molecule has 0 aromatic heterocycles. The van der Waals surface area contributed by atoms with Gasteiger partial charge in [-0.05, 0) is 31.0 Å². The second-order valence-corrected chi connectivity index (χ2v) is 7.49. The number of hydrogen-bond donors (Lipinski definition) is 3. The molecule has 146 valence electrons. The van der Waals surface area contributed by atoms with Crippen molar-refractivity contribution in [2.75, 3.05) is 13.7 Å². The molecule has 2 aliphatic rings. The predicted molar refractivity (Wildman–Crippen MR) is 105 cm³/mol. The molecule has 1 aliphatic carbocycles. The molecule has 6 nitrogen and oxygen atoms in total. The highest BCUT2D eigenvalue weighted by molar-refractivity contribution is 6.02. The summed E-state index contributed by atoms with van der Waals surface area (Å²) in [5.74, 6) is 0.0827. The van der Waals surface area contributed by atoms with Gasteiger partial charge in [-0.25, -0.2) is 0 Å². The molecule has 2 amide bonds. The number of rotatable bonds is 5. The number of nitrogens with one attached hydrogen (secondary N) is 2. The Kier molecular flexibility index (Phi) is 4.81. The molecule has 1 heterocycles. The van der Waals surface area contributed by atoms with Crippen LogP contribution in [-0.2, 0) is 0 Å². The van der Waals surface area contributed by atoms with Crippen LogP contribution < -0.4 is 15.4 Å². The molecule has 4 rings (SSSR count). The van der Waals surface area contributed by atoms with Crippen molar-refractivity contribution in [2.45, 2.75) is 31.4 Å². The topological polar surface area (TPSA) is 87.7 Å². The first-order chi connectivity index (χ1) is 13.5. The van der Waals surface area contributed by atoms with Crippen LogP contribution in [0.1, 0.15) is 51.1 Å². The Labute approximate surface area is 163 Å². The second kappa shape index (κ2) is 7.28. The third-order valence-corrected chi connectivity index (χ3v) is 5.59. The molecule has 2 aromatic rings. The molecule has 28 heavy (non-hydrogen) atoms. The van der Waals surface area contributed by atoms with Crippen molar-refractivity contribution in [2.24, 2.45) is 5.92 Å². The minimum Gasteiger partial charge on any atom is -0.489 e. The highest BCUT2D eigenvalue weighted by Gasteiger charge is 2.39. The van der Waals surface area contributed by atoms with Crippen molar-refractivity contribution in [1.82, 2.24) is 10.6 Å². The zero-order valence-corrected chi connectivity index (χ0v) is 15.9. The van der Waals surface area contributed by atoms with E-state index in [0.29, 0.717) is 16.9 Å². The van der Waals surface area contributed by atoms with E-state index in [1.54, 1.807) is 13.1 Å². The lowest BCUT2D eigenvalue weighted by Crippen LogP contribution is -2.28. The molecule has 4 atom stereocenters. The summed E-state index contributed by atoms with van der Waals surface area (Å²) in [5.41, 5.74) is 2.72. The first-order valence-corrected chi connectivity index (χ1v) is 9.56. The number of carbonyl (C=O) groups excluding carboxylic acids is 2. The van der Waals surface area contributed by atoms with Gasteiger partial charge in [0.2, 0.25) is 0 Å². The van der Waals surface area contributed by atoms with E-state index in [4.69, 9.17) is 4.74 Å². The van der Waals surface area contributed by atoms with E-state index in [1.807, 2.05) is 43.3 Å².